The molecule has 0 amide bonds. The summed E-state index contributed by atoms with van der Waals surface area (Å²) in [7, 11) is -1.85. The third-order valence-electron chi connectivity index (χ3n) is 3.66. The Bertz CT molecular complexity index is 310. The zero-order valence-corrected chi connectivity index (χ0v) is 14.3. The molecule has 4 heteroatoms. The fraction of sp³-hybridized carbons (Fsp3) is 0.867. The molecule has 0 heterocycles. The van der Waals surface area contributed by atoms with Crippen LogP contribution in [-0.2, 0) is 4.43 Å². The minimum Gasteiger partial charge on any atom is -0.403 e. The van der Waals surface area contributed by atoms with E-state index >= 15 is 0 Å². The van der Waals surface area contributed by atoms with Gasteiger partial charge >= 0.3 is 0 Å². The van der Waals surface area contributed by atoms with Crippen LogP contribution in [0.1, 0.15) is 47.0 Å². The van der Waals surface area contributed by atoms with E-state index in [1.165, 1.54) is 0 Å². The molecule has 0 aromatic heterocycles. The molecule has 0 radical (unpaired) electrons. The van der Waals surface area contributed by atoms with E-state index in [1.807, 2.05) is 6.92 Å². The van der Waals surface area contributed by atoms with Crippen LogP contribution < -0.4 is 0 Å². The molecule has 19 heavy (non-hydrogen) atoms. The monoisotopic (exact) mass is 286 g/mol. The summed E-state index contributed by atoms with van der Waals surface area (Å²) in [6.45, 7) is 12.8. The highest BCUT2D eigenvalue weighted by Gasteiger charge is 2.38. The Morgan fingerprint density at radius 2 is 1.79 bits per heavy atom. The lowest BCUT2D eigenvalue weighted by Gasteiger charge is -2.38. The largest absolute Gasteiger partial charge is 0.403 e. The van der Waals surface area contributed by atoms with Gasteiger partial charge < -0.3 is 14.6 Å². The Hall–Kier alpha value is -0.343. The molecule has 2 N–H and O–H groups in total. The standard InChI is InChI=1S/C15H30O3Si/c1-7-8-9-14(11-10-13(17)12-16)18-19(5,6)15(2,3)4/h13-14,16-17H,7,10-12H2,1-6H3/t13-,14+/m1/s1. The van der Waals surface area contributed by atoms with Gasteiger partial charge in [0.2, 0.25) is 0 Å². The molecule has 0 aromatic carbocycles. The lowest BCUT2D eigenvalue weighted by atomic mass is 10.1. The van der Waals surface area contributed by atoms with Crippen molar-refractivity contribution in [3.63, 3.8) is 0 Å². The van der Waals surface area contributed by atoms with E-state index in [-0.39, 0.29) is 17.7 Å². The van der Waals surface area contributed by atoms with Gasteiger partial charge in [-0.25, -0.2) is 0 Å². The lowest BCUT2D eigenvalue weighted by molar-refractivity contribution is 0.0774. The molecule has 0 rings (SSSR count). The van der Waals surface area contributed by atoms with E-state index in [0.717, 1.165) is 6.42 Å². The summed E-state index contributed by atoms with van der Waals surface area (Å²) in [6, 6.07) is 0. The zero-order valence-electron chi connectivity index (χ0n) is 13.3. The smallest absolute Gasteiger partial charge is 0.193 e. The Morgan fingerprint density at radius 3 is 2.21 bits per heavy atom. The molecule has 0 aromatic rings. The first kappa shape index (κ1) is 18.7. The fourth-order valence-corrected chi connectivity index (χ4v) is 2.59. The van der Waals surface area contributed by atoms with Gasteiger partial charge in [-0.15, -0.1) is 5.92 Å². The molecule has 0 spiro atoms. The summed E-state index contributed by atoms with van der Waals surface area (Å²) in [6.07, 6.45) is 1.19. The molecule has 0 fully saturated rings. The second kappa shape index (κ2) is 8.06. The van der Waals surface area contributed by atoms with Crippen molar-refractivity contribution in [2.75, 3.05) is 6.61 Å². The highest BCUT2D eigenvalue weighted by Crippen LogP contribution is 2.37. The maximum atomic E-state index is 9.45. The molecular weight excluding hydrogens is 256 g/mol. The van der Waals surface area contributed by atoms with Crippen LogP contribution in [0.25, 0.3) is 0 Å². The molecule has 0 bridgehead atoms. The Labute approximate surface area is 119 Å². The van der Waals surface area contributed by atoms with E-state index in [2.05, 4.69) is 45.7 Å². The number of rotatable bonds is 6. The van der Waals surface area contributed by atoms with E-state index in [9.17, 15) is 5.11 Å². The van der Waals surface area contributed by atoms with Crippen molar-refractivity contribution in [2.24, 2.45) is 0 Å². The predicted octanol–water partition coefficient (Wildman–Crippen LogP) is 2.92. The molecule has 0 saturated carbocycles. The molecule has 3 nitrogen and oxygen atoms in total. The second-order valence-electron chi connectivity index (χ2n) is 6.46. The fourth-order valence-electron chi connectivity index (χ4n) is 1.34. The second-order valence-corrected chi connectivity index (χ2v) is 11.2. The summed E-state index contributed by atoms with van der Waals surface area (Å²) in [5, 5.41) is 18.5. The van der Waals surface area contributed by atoms with Gasteiger partial charge in [-0.05, 0) is 31.0 Å². The maximum Gasteiger partial charge on any atom is 0.193 e. The SMILES string of the molecule is CCC#C[C@@H](CC[C@@H](O)CO)O[Si](C)(C)C(C)(C)C. The minimum absolute atomic E-state index is 0.137. The van der Waals surface area contributed by atoms with Gasteiger partial charge in [0.05, 0.1) is 12.7 Å². The van der Waals surface area contributed by atoms with E-state index in [0.29, 0.717) is 12.8 Å². The van der Waals surface area contributed by atoms with Crippen molar-refractivity contribution in [1.29, 1.82) is 0 Å². The summed E-state index contributed by atoms with van der Waals surface area (Å²) >= 11 is 0. The van der Waals surface area contributed by atoms with Crippen molar-refractivity contribution in [3.8, 4) is 11.8 Å². The number of aliphatic hydroxyl groups is 2. The van der Waals surface area contributed by atoms with Gasteiger partial charge in [-0.3, -0.25) is 0 Å². The molecule has 112 valence electrons. The minimum atomic E-state index is -1.85. The van der Waals surface area contributed by atoms with Crippen molar-refractivity contribution >= 4 is 8.32 Å². The molecular formula is C15H30O3Si. The van der Waals surface area contributed by atoms with Gasteiger partial charge in [0.15, 0.2) is 8.32 Å². The number of hydrogen-bond donors (Lipinski definition) is 2. The Morgan fingerprint density at radius 1 is 1.21 bits per heavy atom. The first-order valence-corrected chi connectivity index (χ1v) is 10.00. The van der Waals surface area contributed by atoms with Gasteiger partial charge in [0.25, 0.3) is 0 Å². The molecule has 0 aliphatic rings. The zero-order chi connectivity index (χ0) is 15.1. The first-order chi connectivity index (χ1) is 8.64. The molecule has 0 saturated heterocycles. The molecule has 0 aliphatic carbocycles. The maximum absolute atomic E-state index is 9.45. The van der Waals surface area contributed by atoms with Gasteiger partial charge in [0.1, 0.15) is 6.10 Å². The lowest BCUT2D eigenvalue weighted by Crippen LogP contribution is -2.43. The predicted molar refractivity (Wildman–Crippen MR) is 82.5 cm³/mol. The third-order valence-corrected chi connectivity index (χ3v) is 8.14. The van der Waals surface area contributed by atoms with Gasteiger partial charge in [-0.1, -0.05) is 33.6 Å². The topological polar surface area (TPSA) is 49.7 Å². The van der Waals surface area contributed by atoms with E-state index in [4.69, 9.17) is 9.53 Å². The van der Waals surface area contributed by atoms with Gasteiger partial charge in [-0.2, -0.15) is 0 Å². The van der Waals surface area contributed by atoms with Crippen LogP contribution in [0.5, 0.6) is 0 Å². The summed E-state index contributed by atoms with van der Waals surface area (Å²) in [5.74, 6) is 6.21. The normalized spacial score (nSPS) is 15.6. The Kier molecular flexibility index (Phi) is 7.91. The van der Waals surface area contributed by atoms with Crippen LogP contribution in [0.4, 0.5) is 0 Å². The molecule has 2 atom stereocenters. The van der Waals surface area contributed by atoms with Crippen LogP contribution in [0.15, 0.2) is 0 Å². The Balaban J connectivity index is 4.69. The van der Waals surface area contributed by atoms with Gasteiger partial charge in [0, 0.05) is 6.42 Å². The quantitative estimate of drug-likeness (QED) is 0.583. The van der Waals surface area contributed by atoms with Crippen LogP contribution in [0, 0.1) is 11.8 Å². The highest BCUT2D eigenvalue weighted by molar-refractivity contribution is 6.74. The van der Waals surface area contributed by atoms with Crippen LogP contribution in [-0.4, -0.2) is 37.3 Å². The first-order valence-electron chi connectivity index (χ1n) is 7.09. The number of aliphatic hydroxyl groups excluding tert-OH is 2. The highest BCUT2D eigenvalue weighted by atomic mass is 28.4. The number of hydrogen-bond acceptors (Lipinski definition) is 3. The average Bonchev–Trinajstić information content (AvgIpc) is 2.30. The average molecular weight is 286 g/mol. The molecule has 0 aliphatic heterocycles. The van der Waals surface area contributed by atoms with Crippen LogP contribution in [0.2, 0.25) is 18.1 Å². The van der Waals surface area contributed by atoms with Crippen LogP contribution >= 0.6 is 0 Å². The summed E-state index contributed by atoms with van der Waals surface area (Å²) in [4.78, 5) is 0. The van der Waals surface area contributed by atoms with Crippen molar-refractivity contribution in [3.05, 3.63) is 0 Å². The van der Waals surface area contributed by atoms with E-state index < -0.39 is 14.4 Å². The van der Waals surface area contributed by atoms with Crippen LogP contribution in [0.3, 0.4) is 0 Å². The summed E-state index contributed by atoms with van der Waals surface area (Å²) in [5.41, 5.74) is 0. The molecule has 0 unspecified atom stereocenters. The van der Waals surface area contributed by atoms with Crippen molar-refractivity contribution in [2.45, 2.75) is 77.3 Å². The van der Waals surface area contributed by atoms with Crippen molar-refractivity contribution < 1.29 is 14.6 Å². The van der Waals surface area contributed by atoms with Crippen molar-refractivity contribution in [1.82, 2.24) is 0 Å². The third kappa shape index (κ3) is 7.12. The van der Waals surface area contributed by atoms with E-state index in [1.54, 1.807) is 0 Å². The summed E-state index contributed by atoms with van der Waals surface area (Å²) < 4.78 is 6.27.